The molecular formula is C21H22N4O4. The van der Waals surface area contributed by atoms with Crippen molar-refractivity contribution in [1.29, 1.82) is 0 Å². The van der Waals surface area contributed by atoms with Gasteiger partial charge in [-0.05, 0) is 37.3 Å². The van der Waals surface area contributed by atoms with Gasteiger partial charge >= 0.3 is 0 Å². The highest BCUT2D eigenvalue weighted by molar-refractivity contribution is 6.03. The Labute approximate surface area is 168 Å². The van der Waals surface area contributed by atoms with Crippen LogP contribution in [0.1, 0.15) is 16.2 Å². The monoisotopic (exact) mass is 394 g/mol. The van der Waals surface area contributed by atoms with E-state index in [-0.39, 0.29) is 17.5 Å². The summed E-state index contributed by atoms with van der Waals surface area (Å²) in [5, 5.41) is 5.90. The highest BCUT2D eigenvalue weighted by Crippen LogP contribution is 2.30. The maximum Gasteiger partial charge on any atom is 0.274 e. The molecule has 8 heteroatoms. The van der Waals surface area contributed by atoms with E-state index in [4.69, 9.17) is 14.2 Å². The van der Waals surface area contributed by atoms with Gasteiger partial charge in [-0.25, -0.2) is 9.97 Å². The lowest BCUT2D eigenvalue weighted by Gasteiger charge is -2.13. The standard InChI is InChI=1S/C21H22N4O4/c1-13-10-18(20(26)23-14-6-5-7-15(11-14)27-2)25-21(22-13)24-17-12-16(28-3)8-9-19(17)29-4/h5-12H,1-4H3,(H,23,26)(H,22,24,25). The number of aromatic nitrogens is 2. The van der Waals surface area contributed by atoms with Crippen LogP contribution in [0.15, 0.2) is 48.5 Å². The number of hydrogen-bond acceptors (Lipinski definition) is 7. The molecule has 0 unspecified atom stereocenters. The van der Waals surface area contributed by atoms with Gasteiger partial charge in [0.1, 0.15) is 22.9 Å². The number of anilines is 3. The maximum atomic E-state index is 12.7. The highest BCUT2D eigenvalue weighted by Gasteiger charge is 2.13. The lowest BCUT2D eigenvalue weighted by atomic mass is 10.2. The molecular weight excluding hydrogens is 372 g/mol. The number of methoxy groups -OCH3 is 3. The number of benzene rings is 2. The summed E-state index contributed by atoms with van der Waals surface area (Å²) in [7, 11) is 4.71. The van der Waals surface area contributed by atoms with Crippen molar-refractivity contribution in [2.45, 2.75) is 6.92 Å². The van der Waals surface area contributed by atoms with Crippen molar-refractivity contribution in [3.63, 3.8) is 0 Å². The molecule has 1 heterocycles. The third-order valence-electron chi connectivity index (χ3n) is 4.07. The van der Waals surface area contributed by atoms with Crippen LogP contribution in [0.25, 0.3) is 0 Å². The van der Waals surface area contributed by atoms with Gasteiger partial charge in [-0.3, -0.25) is 4.79 Å². The number of amides is 1. The molecule has 8 nitrogen and oxygen atoms in total. The summed E-state index contributed by atoms with van der Waals surface area (Å²) >= 11 is 0. The van der Waals surface area contributed by atoms with E-state index in [1.54, 1.807) is 76.8 Å². The van der Waals surface area contributed by atoms with Crippen LogP contribution >= 0.6 is 0 Å². The molecule has 0 aliphatic rings. The molecule has 0 atom stereocenters. The summed E-state index contributed by atoms with van der Waals surface area (Å²) in [5.74, 6) is 1.81. The van der Waals surface area contributed by atoms with Crippen LogP contribution in [0.3, 0.4) is 0 Å². The molecule has 0 radical (unpaired) electrons. The summed E-state index contributed by atoms with van der Waals surface area (Å²) in [6.07, 6.45) is 0. The quantitative estimate of drug-likeness (QED) is 0.629. The van der Waals surface area contributed by atoms with E-state index >= 15 is 0 Å². The molecule has 0 aliphatic carbocycles. The van der Waals surface area contributed by atoms with Crippen molar-refractivity contribution in [2.75, 3.05) is 32.0 Å². The summed E-state index contributed by atoms with van der Waals surface area (Å²) in [5.41, 5.74) is 2.09. The van der Waals surface area contributed by atoms with Crippen LogP contribution < -0.4 is 24.8 Å². The van der Waals surface area contributed by atoms with Crippen LogP contribution in [0.4, 0.5) is 17.3 Å². The van der Waals surface area contributed by atoms with Crippen molar-refractivity contribution < 1.29 is 19.0 Å². The second-order valence-corrected chi connectivity index (χ2v) is 6.10. The molecule has 2 aromatic carbocycles. The Balaban J connectivity index is 1.85. The van der Waals surface area contributed by atoms with Gasteiger partial charge in [-0.2, -0.15) is 0 Å². The van der Waals surface area contributed by atoms with E-state index in [1.165, 1.54) is 0 Å². The zero-order chi connectivity index (χ0) is 20.8. The van der Waals surface area contributed by atoms with E-state index < -0.39 is 0 Å². The molecule has 0 fully saturated rings. The molecule has 1 aromatic heterocycles. The predicted molar refractivity (Wildman–Crippen MR) is 111 cm³/mol. The average molecular weight is 394 g/mol. The van der Waals surface area contributed by atoms with Crippen molar-refractivity contribution in [3.8, 4) is 17.2 Å². The Kier molecular flexibility index (Phi) is 6.13. The van der Waals surface area contributed by atoms with Gasteiger partial charge in [-0.1, -0.05) is 6.07 Å². The third kappa shape index (κ3) is 4.92. The van der Waals surface area contributed by atoms with Gasteiger partial charge in [0, 0.05) is 23.5 Å². The Hall–Kier alpha value is -3.81. The zero-order valence-electron chi connectivity index (χ0n) is 16.6. The largest absolute Gasteiger partial charge is 0.497 e. The Morgan fingerprint density at radius 3 is 2.38 bits per heavy atom. The summed E-state index contributed by atoms with van der Waals surface area (Å²) in [6, 6.07) is 14.0. The number of nitrogens with one attached hydrogen (secondary N) is 2. The van der Waals surface area contributed by atoms with Crippen molar-refractivity contribution in [2.24, 2.45) is 0 Å². The molecule has 150 valence electrons. The van der Waals surface area contributed by atoms with E-state index in [2.05, 4.69) is 20.6 Å². The second kappa shape index (κ2) is 8.92. The molecule has 0 spiro atoms. The van der Waals surface area contributed by atoms with Crippen LogP contribution in [0.2, 0.25) is 0 Å². The number of rotatable bonds is 7. The lowest BCUT2D eigenvalue weighted by Crippen LogP contribution is -2.15. The SMILES string of the molecule is COc1cccc(NC(=O)c2cc(C)nc(Nc3cc(OC)ccc3OC)n2)c1. The van der Waals surface area contributed by atoms with Crippen LogP contribution in [0, 0.1) is 6.92 Å². The Morgan fingerprint density at radius 1 is 0.897 bits per heavy atom. The summed E-state index contributed by atoms with van der Waals surface area (Å²) in [6.45, 7) is 1.79. The fourth-order valence-corrected chi connectivity index (χ4v) is 2.67. The van der Waals surface area contributed by atoms with Crippen molar-refractivity contribution in [1.82, 2.24) is 9.97 Å². The van der Waals surface area contributed by atoms with E-state index in [1.807, 2.05) is 0 Å². The molecule has 0 saturated heterocycles. The minimum absolute atomic E-state index is 0.227. The highest BCUT2D eigenvalue weighted by atomic mass is 16.5. The van der Waals surface area contributed by atoms with E-state index in [0.717, 1.165) is 0 Å². The number of carbonyl (C=O) groups excluding carboxylic acids is 1. The average Bonchev–Trinajstić information content (AvgIpc) is 2.73. The van der Waals surface area contributed by atoms with Crippen molar-refractivity contribution >= 4 is 23.2 Å². The first-order chi connectivity index (χ1) is 14.0. The fourth-order valence-electron chi connectivity index (χ4n) is 2.67. The molecule has 0 bridgehead atoms. The zero-order valence-corrected chi connectivity index (χ0v) is 16.6. The topological polar surface area (TPSA) is 94.6 Å². The first-order valence-electron chi connectivity index (χ1n) is 8.82. The van der Waals surface area contributed by atoms with Crippen LogP contribution in [-0.2, 0) is 0 Å². The maximum absolute atomic E-state index is 12.7. The van der Waals surface area contributed by atoms with Gasteiger partial charge in [0.2, 0.25) is 5.95 Å². The Morgan fingerprint density at radius 2 is 1.66 bits per heavy atom. The normalized spacial score (nSPS) is 10.2. The van der Waals surface area contributed by atoms with Gasteiger partial charge in [0.25, 0.3) is 5.91 Å². The van der Waals surface area contributed by atoms with Gasteiger partial charge in [0.05, 0.1) is 27.0 Å². The predicted octanol–water partition coefficient (Wildman–Crippen LogP) is 3.81. The Bertz CT molecular complexity index is 1020. The number of carbonyl (C=O) groups is 1. The lowest BCUT2D eigenvalue weighted by molar-refractivity contribution is 0.102. The fraction of sp³-hybridized carbons (Fsp3) is 0.190. The first-order valence-corrected chi connectivity index (χ1v) is 8.82. The second-order valence-electron chi connectivity index (χ2n) is 6.10. The van der Waals surface area contributed by atoms with Gasteiger partial charge in [0.15, 0.2) is 0 Å². The number of ether oxygens (including phenoxy) is 3. The molecule has 3 aromatic rings. The van der Waals surface area contributed by atoms with Crippen LogP contribution in [-0.4, -0.2) is 37.2 Å². The molecule has 2 N–H and O–H groups in total. The molecule has 29 heavy (non-hydrogen) atoms. The van der Waals surface area contributed by atoms with E-state index in [9.17, 15) is 4.79 Å². The van der Waals surface area contributed by atoms with E-state index in [0.29, 0.717) is 34.3 Å². The third-order valence-corrected chi connectivity index (χ3v) is 4.07. The minimum atomic E-state index is -0.357. The summed E-state index contributed by atoms with van der Waals surface area (Å²) in [4.78, 5) is 21.4. The van der Waals surface area contributed by atoms with Crippen LogP contribution in [0.5, 0.6) is 17.2 Å². The first kappa shape index (κ1) is 19.9. The minimum Gasteiger partial charge on any atom is -0.497 e. The summed E-state index contributed by atoms with van der Waals surface area (Å²) < 4.78 is 15.8. The smallest absolute Gasteiger partial charge is 0.274 e. The van der Waals surface area contributed by atoms with Gasteiger partial charge in [-0.15, -0.1) is 0 Å². The number of nitrogens with zero attached hydrogens (tertiary/aromatic N) is 2. The van der Waals surface area contributed by atoms with Crippen molar-refractivity contribution in [3.05, 3.63) is 59.9 Å². The molecule has 0 aliphatic heterocycles. The number of hydrogen-bond donors (Lipinski definition) is 2. The molecule has 0 saturated carbocycles. The van der Waals surface area contributed by atoms with Gasteiger partial charge < -0.3 is 24.8 Å². The number of aryl methyl sites for hydroxylation is 1. The molecule has 3 rings (SSSR count). The molecule has 1 amide bonds.